The molecule has 124 valence electrons. The SMILES string of the molecule is Cc1ccc2oc(C(=O)NCCCCN3CCOCC3)cc2c1. The van der Waals surface area contributed by atoms with Crippen LogP contribution in [0.3, 0.4) is 0 Å². The third-order valence-electron chi connectivity index (χ3n) is 4.19. The summed E-state index contributed by atoms with van der Waals surface area (Å²) in [4.78, 5) is 14.5. The second kappa shape index (κ2) is 7.62. The average Bonchev–Trinajstić information content (AvgIpc) is 2.98. The van der Waals surface area contributed by atoms with Gasteiger partial charge in [0.05, 0.1) is 13.2 Å². The molecule has 2 heterocycles. The monoisotopic (exact) mass is 316 g/mol. The number of furan rings is 1. The highest BCUT2D eigenvalue weighted by molar-refractivity contribution is 5.96. The lowest BCUT2D eigenvalue weighted by atomic mass is 10.2. The molecule has 3 rings (SSSR count). The van der Waals surface area contributed by atoms with Gasteiger partial charge in [0.2, 0.25) is 0 Å². The number of hydrogen-bond donors (Lipinski definition) is 1. The van der Waals surface area contributed by atoms with Crippen molar-refractivity contribution in [3.8, 4) is 0 Å². The molecule has 0 saturated carbocycles. The lowest BCUT2D eigenvalue weighted by Crippen LogP contribution is -2.37. The summed E-state index contributed by atoms with van der Waals surface area (Å²) in [5, 5.41) is 3.91. The second-order valence-electron chi connectivity index (χ2n) is 6.07. The van der Waals surface area contributed by atoms with E-state index in [1.807, 2.05) is 31.2 Å². The molecular formula is C18H24N2O3. The van der Waals surface area contributed by atoms with E-state index >= 15 is 0 Å². The molecular weight excluding hydrogens is 292 g/mol. The maximum Gasteiger partial charge on any atom is 0.287 e. The first-order valence-electron chi connectivity index (χ1n) is 8.31. The Bertz CT molecular complexity index is 659. The van der Waals surface area contributed by atoms with E-state index in [-0.39, 0.29) is 5.91 Å². The molecule has 0 spiro atoms. The van der Waals surface area contributed by atoms with E-state index in [1.165, 1.54) is 0 Å². The molecule has 0 aliphatic carbocycles. The number of nitrogens with zero attached hydrogens (tertiary/aromatic N) is 1. The van der Waals surface area contributed by atoms with E-state index in [2.05, 4.69) is 10.2 Å². The van der Waals surface area contributed by atoms with Gasteiger partial charge < -0.3 is 14.5 Å². The highest BCUT2D eigenvalue weighted by Crippen LogP contribution is 2.20. The Morgan fingerprint density at radius 1 is 1.22 bits per heavy atom. The number of hydrogen-bond acceptors (Lipinski definition) is 4. The topological polar surface area (TPSA) is 54.7 Å². The summed E-state index contributed by atoms with van der Waals surface area (Å²) < 4.78 is 10.9. The first-order valence-corrected chi connectivity index (χ1v) is 8.31. The molecule has 1 saturated heterocycles. The number of amides is 1. The van der Waals surface area contributed by atoms with Crippen LogP contribution < -0.4 is 5.32 Å². The minimum absolute atomic E-state index is 0.134. The molecule has 1 aromatic carbocycles. The molecule has 1 aromatic heterocycles. The van der Waals surface area contributed by atoms with Crippen LogP contribution in [0.25, 0.3) is 11.0 Å². The van der Waals surface area contributed by atoms with Crippen molar-refractivity contribution in [3.05, 3.63) is 35.6 Å². The molecule has 2 aromatic rings. The standard InChI is InChI=1S/C18H24N2O3/c1-14-4-5-16-15(12-14)13-17(23-16)18(21)19-6-2-3-7-20-8-10-22-11-9-20/h4-5,12-13H,2-3,6-11H2,1H3,(H,19,21). The van der Waals surface area contributed by atoms with Gasteiger partial charge in [-0.25, -0.2) is 0 Å². The lowest BCUT2D eigenvalue weighted by Gasteiger charge is -2.26. The quantitative estimate of drug-likeness (QED) is 0.832. The average molecular weight is 316 g/mol. The Kier molecular flexibility index (Phi) is 5.31. The number of rotatable bonds is 6. The van der Waals surface area contributed by atoms with Crippen LogP contribution in [0.2, 0.25) is 0 Å². The summed E-state index contributed by atoms with van der Waals surface area (Å²) in [5.41, 5.74) is 1.92. The molecule has 1 fully saturated rings. The molecule has 0 unspecified atom stereocenters. The zero-order chi connectivity index (χ0) is 16.1. The van der Waals surface area contributed by atoms with E-state index in [1.54, 1.807) is 0 Å². The van der Waals surface area contributed by atoms with Gasteiger partial charge in [0, 0.05) is 25.0 Å². The van der Waals surface area contributed by atoms with Crippen molar-refractivity contribution in [1.29, 1.82) is 0 Å². The summed E-state index contributed by atoms with van der Waals surface area (Å²) >= 11 is 0. The molecule has 1 N–H and O–H groups in total. The minimum Gasteiger partial charge on any atom is -0.451 e. The van der Waals surface area contributed by atoms with Crippen LogP contribution in [0.4, 0.5) is 0 Å². The number of unbranched alkanes of at least 4 members (excludes halogenated alkanes) is 1. The molecule has 5 nitrogen and oxygen atoms in total. The normalized spacial score (nSPS) is 15.9. The minimum atomic E-state index is -0.134. The summed E-state index contributed by atoms with van der Waals surface area (Å²) in [6.45, 7) is 7.49. The van der Waals surface area contributed by atoms with E-state index in [4.69, 9.17) is 9.15 Å². The number of carbonyl (C=O) groups excluding carboxylic acids is 1. The van der Waals surface area contributed by atoms with E-state index in [0.717, 1.165) is 62.2 Å². The van der Waals surface area contributed by atoms with Gasteiger partial charge in [-0.2, -0.15) is 0 Å². The van der Waals surface area contributed by atoms with Crippen LogP contribution in [-0.2, 0) is 4.74 Å². The van der Waals surface area contributed by atoms with Gasteiger partial charge in [0.1, 0.15) is 5.58 Å². The van der Waals surface area contributed by atoms with Crippen LogP contribution in [0, 0.1) is 6.92 Å². The highest BCUT2D eigenvalue weighted by Gasteiger charge is 2.12. The number of benzene rings is 1. The molecule has 5 heteroatoms. The van der Waals surface area contributed by atoms with Crippen molar-refractivity contribution in [2.24, 2.45) is 0 Å². The Balaban J connectivity index is 1.41. The fourth-order valence-corrected chi connectivity index (χ4v) is 2.85. The van der Waals surface area contributed by atoms with Crippen LogP contribution in [0.1, 0.15) is 29.0 Å². The summed E-state index contributed by atoms with van der Waals surface area (Å²) in [5.74, 6) is 0.254. The predicted octanol–water partition coefficient (Wildman–Crippen LogP) is 2.58. The zero-order valence-corrected chi connectivity index (χ0v) is 13.6. The van der Waals surface area contributed by atoms with E-state index < -0.39 is 0 Å². The molecule has 1 aliphatic heterocycles. The lowest BCUT2D eigenvalue weighted by molar-refractivity contribution is 0.0372. The highest BCUT2D eigenvalue weighted by atomic mass is 16.5. The first kappa shape index (κ1) is 16.0. The van der Waals surface area contributed by atoms with Crippen molar-refractivity contribution < 1.29 is 13.9 Å². The number of ether oxygens (including phenoxy) is 1. The Morgan fingerprint density at radius 3 is 2.87 bits per heavy atom. The summed E-state index contributed by atoms with van der Waals surface area (Å²) in [7, 11) is 0. The van der Waals surface area contributed by atoms with Crippen LogP contribution >= 0.6 is 0 Å². The van der Waals surface area contributed by atoms with Gasteiger partial charge >= 0.3 is 0 Å². The number of aryl methyl sites for hydroxylation is 1. The van der Waals surface area contributed by atoms with E-state index in [0.29, 0.717) is 12.3 Å². The van der Waals surface area contributed by atoms with Gasteiger partial charge in [-0.15, -0.1) is 0 Å². The molecule has 0 atom stereocenters. The molecule has 0 radical (unpaired) electrons. The number of morpholine rings is 1. The predicted molar refractivity (Wildman–Crippen MR) is 89.8 cm³/mol. The largest absolute Gasteiger partial charge is 0.451 e. The van der Waals surface area contributed by atoms with Gasteiger partial charge in [0.15, 0.2) is 5.76 Å². The van der Waals surface area contributed by atoms with Gasteiger partial charge in [-0.1, -0.05) is 11.6 Å². The van der Waals surface area contributed by atoms with Crippen molar-refractivity contribution >= 4 is 16.9 Å². The fourth-order valence-electron chi connectivity index (χ4n) is 2.85. The van der Waals surface area contributed by atoms with Gasteiger partial charge in [-0.05, 0) is 44.5 Å². The maximum absolute atomic E-state index is 12.1. The number of fused-ring (bicyclic) bond motifs is 1. The van der Waals surface area contributed by atoms with Crippen LogP contribution in [-0.4, -0.2) is 50.2 Å². The maximum atomic E-state index is 12.1. The molecule has 0 bridgehead atoms. The van der Waals surface area contributed by atoms with Gasteiger partial charge in [-0.3, -0.25) is 9.69 Å². The smallest absolute Gasteiger partial charge is 0.287 e. The third kappa shape index (κ3) is 4.33. The van der Waals surface area contributed by atoms with Crippen LogP contribution in [0.5, 0.6) is 0 Å². The zero-order valence-electron chi connectivity index (χ0n) is 13.6. The number of nitrogens with one attached hydrogen (secondary N) is 1. The second-order valence-corrected chi connectivity index (χ2v) is 6.07. The van der Waals surface area contributed by atoms with Gasteiger partial charge in [0.25, 0.3) is 5.91 Å². The Morgan fingerprint density at radius 2 is 2.04 bits per heavy atom. The van der Waals surface area contributed by atoms with Crippen molar-refractivity contribution in [2.75, 3.05) is 39.4 Å². The first-order chi connectivity index (χ1) is 11.2. The van der Waals surface area contributed by atoms with Crippen molar-refractivity contribution in [3.63, 3.8) is 0 Å². The van der Waals surface area contributed by atoms with Crippen molar-refractivity contribution in [2.45, 2.75) is 19.8 Å². The van der Waals surface area contributed by atoms with E-state index in [9.17, 15) is 4.79 Å². The summed E-state index contributed by atoms with van der Waals surface area (Å²) in [6, 6.07) is 7.73. The van der Waals surface area contributed by atoms with Crippen molar-refractivity contribution in [1.82, 2.24) is 10.2 Å². The Labute approximate surface area is 136 Å². The summed E-state index contributed by atoms with van der Waals surface area (Å²) in [6.07, 6.45) is 2.06. The number of carbonyl (C=O) groups is 1. The van der Waals surface area contributed by atoms with Crippen LogP contribution in [0.15, 0.2) is 28.7 Å². The molecule has 1 amide bonds. The molecule has 23 heavy (non-hydrogen) atoms. The Hall–Kier alpha value is -1.85. The fraction of sp³-hybridized carbons (Fsp3) is 0.500. The third-order valence-corrected chi connectivity index (χ3v) is 4.19. The molecule has 1 aliphatic rings.